The number of benzene rings is 1. The Morgan fingerprint density at radius 3 is 2.52 bits per heavy atom. The third-order valence-corrected chi connectivity index (χ3v) is 4.19. The fourth-order valence-corrected chi connectivity index (χ4v) is 2.89. The average molecular weight is 292 g/mol. The van der Waals surface area contributed by atoms with E-state index in [9.17, 15) is 4.39 Å². The molecule has 0 aliphatic heterocycles. The molecule has 2 N–H and O–H groups in total. The van der Waals surface area contributed by atoms with Gasteiger partial charge in [-0.1, -0.05) is 13.8 Å². The van der Waals surface area contributed by atoms with Gasteiger partial charge in [0.15, 0.2) is 0 Å². The lowest BCUT2D eigenvalue weighted by atomic mass is 10.2. The summed E-state index contributed by atoms with van der Waals surface area (Å²) in [6.07, 6.45) is 0. The van der Waals surface area contributed by atoms with E-state index in [-0.39, 0.29) is 17.9 Å². The Bertz CT molecular complexity index is 604. The van der Waals surface area contributed by atoms with Crippen molar-refractivity contribution in [2.45, 2.75) is 39.8 Å². The van der Waals surface area contributed by atoms with Crippen molar-refractivity contribution < 1.29 is 4.39 Å². The highest BCUT2D eigenvalue weighted by Crippen LogP contribution is 2.28. The van der Waals surface area contributed by atoms with Crippen molar-refractivity contribution in [2.75, 3.05) is 19.6 Å². The maximum atomic E-state index is 13.5. The summed E-state index contributed by atoms with van der Waals surface area (Å²) in [5, 5.41) is 0. The van der Waals surface area contributed by atoms with Gasteiger partial charge in [0, 0.05) is 18.7 Å². The van der Waals surface area contributed by atoms with E-state index < -0.39 is 0 Å². The molecule has 1 aromatic carbocycles. The lowest BCUT2D eigenvalue weighted by molar-refractivity contribution is 0.219. The van der Waals surface area contributed by atoms with Crippen molar-refractivity contribution in [3.8, 4) is 0 Å². The van der Waals surface area contributed by atoms with Crippen molar-refractivity contribution >= 4 is 11.0 Å². The molecule has 0 aliphatic carbocycles. The maximum absolute atomic E-state index is 13.5. The van der Waals surface area contributed by atoms with Crippen LogP contribution in [0.25, 0.3) is 11.0 Å². The fourth-order valence-electron chi connectivity index (χ4n) is 2.89. The highest BCUT2D eigenvalue weighted by molar-refractivity contribution is 5.76. The molecular weight excluding hydrogens is 267 g/mol. The molecule has 0 amide bonds. The molecule has 1 heterocycles. The molecule has 0 saturated carbocycles. The lowest BCUT2D eigenvalue weighted by Crippen LogP contribution is -2.30. The van der Waals surface area contributed by atoms with Crippen molar-refractivity contribution in [3.63, 3.8) is 0 Å². The fraction of sp³-hybridized carbons (Fsp3) is 0.562. The van der Waals surface area contributed by atoms with E-state index in [2.05, 4.69) is 42.1 Å². The highest BCUT2D eigenvalue weighted by atomic mass is 19.1. The molecule has 116 valence electrons. The zero-order chi connectivity index (χ0) is 15.6. The summed E-state index contributed by atoms with van der Waals surface area (Å²) < 4.78 is 15.6. The highest BCUT2D eigenvalue weighted by Gasteiger charge is 2.23. The SMILES string of the molecule is CCN(CC)C(C)c1nc2cc(F)ccc2n1C(C)CN. The number of nitrogens with two attached hydrogens (primary N) is 1. The summed E-state index contributed by atoms with van der Waals surface area (Å²) in [7, 11) is 0. The number of halogens is 1. The zero-order valence-corrected chi connectivity index (χ0v) is 13.3. The molecule has 1 aromatic heterocycles. The predicted molar refractivity (Wildman–Crippen MR) is 84.8 cm³/mol. The van der Waals surface area contributed by atoms with Gasteiger partial charge in [-0.3, -0.25) is 4.90 Å². The number of fused-ring (bicyclic) bond motifs is 1. The Morgan fingerprint density at radius 1 is 1.29 bits per heavy atom. The summed E-state index contributed by atoms with van der Waals surface area (Å²) in [6, 6.07) is 5.07. The molecule has 2 rings (SSSR count). The minimum absolute atomic E-state index is 0.133. The minimum Gasteiger partial charge on any atom is -0.328 e. The van der Waals surface area contributed by atoms with Gasteiger partial charge in [-0.25, -0.2) is 9.37 Å². The van der Waals surface area contributed by atoms with Gasteiger partial charge < -0.3 is 10.3 Å². The number of hydrogen-bond donors (Lipinski definition) is 1. The van der Waals surface area contributed by atoms with Gasteiger partial charge in [0.1, 0.15) is 11.6 Å². The molecule has 4 nitrogen and oxygen atoms in total. The molecule has 0 aliphatic rings. The van der Waals surface area contributed by atoms with Crippen LogP contribution in [0.4, 0.5) is 4.39 Å². The topological polar surface area (TPSA) is 47.1 Å². The van der Waals surface area contributed by atoms with E-state index in [1.165, 1.54) is 12.1 Å². The first kappa shape index (κ1) is 15.9. The van der Waals surface area contributed by atoms with Crippen LogP contribution in [0, 0.1) is 5.82 Å². The normalized spacial score (nSPS) is 14.8. The van der Waals surface area contributed by atoms with Gasteiger partial charge in [-0.15, -0.1) is 0 Å². The first-order valence-electron chi connectivity index (χ1n) is 7.64. The first-order valence-corrected chi connectivity index (χ1v) is 7.64. The number of rotatable bonds is 6. The van der Waals surface area contributed by atoms with Gasteiger partial charge in [0.2, 0.25) is 0 Å². The Balaban J connectivity index is 2.60. The van der Waals surface area contributed by atoms with E-state index in [0.717, 1.165) is 24.4 Å². The summed E-state index contributed by atoms with van der Waals surface area (Å²) in [6.45, 7) is 10.9. The Morgan fingerprint density at radius 2 is 1.95 bits per heavy atom. The lowest BCUT2D eigenvalue weighted by Gasteiger charge is -2.28. The van der Waals surface area contributed by atoms with Crippen LogP contribution in [0.5, 0.6) is 0 Å². The molecule has 0 bridgehead atoms. The second kappa shape index (κ2) is 6.54. The van der Waals surface area contributed by atoms with Crippen molar-refractivity contribution in [1.82, 2.24) is 14.5 Å². The van der Waals surface area contributed by atoms with Crippen LogP contribution in [0.15, 0.2) is 18.2 Å². The van der Waals surface area contributed by atoms with E-state index in [0.29, 0.717) is 12.1 Å². The molecule has 0 saturated heterocycles. The summed E-state index contributed by atoms with van der Waals surface area (Å²) in [5.41, 5.74) is 7.50. The first-order chi connectivity index (χ1) is 10.0. The molecular formula is C16H25FN4. The molecule has 2 unspecified atom stereocenters. The third kappa shape index (κ3) is 2.94. The number of nitrogens with zero attached hydrogens (tertiary/aromatic N) is 3. The van der Waals surface area contributed by atoms with Crippen LogP contribution in [-0.2, 0) is 0 Å². The monoisotopic (exact) mass is 292 g/mol. The molecule has 0 radical (unpaired) electrons. The molecule has 2 atom stereocenters. The molecule has 2 aromatic rings. The Kier molecular flexibility index (Phi) is 4.96. The van der Waals surface area contributed by atoms with Gasteiger partial charge in [0.05, 0.1) is 17.1 Å². The molecule has 0 spiro atoms. The van der Waals surface area contributed by atoms with Crippen LogP contribution in [0.3, 0.4) is 0 Å². The van der Waals surface area contributed by atoms with E-state index in [4.69, 9.17) is 5.73 Å². The van der Waals surface area contributed by atoms with Gasteiger partial charge in [-0.2, -0.15) is 0 Å². The molecule has 5 heteroatoms. The molecule has 21 heavy (non-hydrogen) atoms. The standard InChI is InChI=1S/C16H25FN4/c1-5-20(6-2)12(4)16-19-14-9-13(17)7-8-15(14)21(16)11(3)10-18/h7-9,11-12H,5-6,10,18H2,1-4H3. The van der Waals surface area contributed by atoms with Crippen molar-refractivity contribution in [3.05, 3.63) is 29.8 Å². The van der Waals surface area contributed by atoms with E-state index in [1.807, 2.05) is 0 Å². The number of aromatic nitrogens is 2. The summed E-state index contributed by atoms with van der Waals surface area (Å²) in [5.74, 6) is 0.701. The van der Waals surface area contributed by atoms with Gasteiger partial charge in [-0.05, 0) is 39.1 Å². The van der Waals surface area contributed by atoms with Gasteiger partial charge in [0.25, 0.3) is 0 Å². The third-order valence-electron chi connectivity index (χ3n) is 4.19. The minimum atomic E-state index is -0.255. The second-order valence-electron chi connectivity index (χ2n) is 5.45. The van der Waals surface area contributed by atoms with E-state index >= 15 is 0 Å². The quantitative estimate of drug-likeness (QED) is 0.890. The summed E-state index contributed by atoms with van der Waals surface area (Å²) >= 11 is 0. The van der Waals surface area contributed by atoms with Crippen molar-refractivity contribution in [2.24, 2.45) is 5.73 Å². The number of hydrogen-bond acceptors (Lipinski definition) is 3. The van der Waals surface area contributed by atoms with Crippen LogP contribution in [0.1, 0.15) is 45.6 Å². The van der Waals surface area contributed by atoms with E-state index in [1.54, 1.807) is 6.07 Å². The average Bonchev–Trinajstić information content (AvgIpc) is 2.85. The largest absolute Gasteiger partial charge is 0.328 e. The van der Waals surface area contributed by atoms with Crippen LogP contribution in [-0.4, -0.2) is 34.1 Å². The van der Waals surface area contributed by atoms with Crippen molar-refractivity contribution in [1.29, 1.82) is 0 Å². The van der Waals surface area contributed by atoms with Crippen LogP contribution in [0.2, 0.25) is 0 Å². The Hall–Kier alpha value is -1.46. The predicted octanol–water partition coefficient (Wildman–Crippen LogP) is 3.10. The smallest absolute Gasteiger partial charge is 0.127 e. The second-order valence-corrected chi connectivity index (χ2v) is 5.45. The maximum Gasteiger partial charge on any atom is 0.127 e. The van der Waals surface area contributed by atoms with Crippen LogP contribution < -0.4 is 5.73 Å². The molecule has 0 fully saturated rings. The Labute approximate surface area is 125 Å². The zero-order valence-electron chi connectivity index (χ0n) is 13.3. The van der Waals surface area contributed by atoms with Crippen LogP contribution >= 0.6 is 0 Å². The number of imidazole rings is 1. The van der Waals surface area contributed by atoms with Gasteiger partial charge >= 0.3 is 0 Å². The summed E-state index contributed by atoms with van der Waals surface area (Å²) in [4.78, 5) is 7.02.